The molecule has 0 aromatic heterocycles. The van der Waals surface area contributed by atoms with Gasteiger partial charge in [0, 0.05) is 67.7 Å². The van der Waals surface area contributed by atoms with Crippen molar-refractivity contribution >= 4 is 34.4 Å². The zero-order valence-corrected chi connectivity index (χ0v) is 49.7. The van der Waals surface area contributed by atoms with Gasteiger partial charge in [-0.2, -0.15) is 0 Å². The highest BCUT2D eigenvalue weighted by atomic mass is 16.3. The minimum Gasteiger partial charge on any atom is -0.507 e. The second-order valence-electron chi connectivity index (χ2n) is 23.6. The number of aliphatic imine (C=N–C) groups is 2. The molecule has 2 heterocycles. The van der Waals surface area contributed by atoms with Crippen LogP contribution in [0.3, 0.4) is 0 Å². The highest BCUT2D eigenvalue weighted by Crippen LogP contribution is 2.47. The van der Waals surface area contributed by atoms with Gasteiger partial charge < -0.3 is 40.0 Å². The number of para-hydroxylation sites is 4. The molecule has 10 heteroatoms. The Kier molecular flexibility index (Phi) is 15.1. The Morgan fingerprint density at radius 2 is 0.591 bits per heavy atom. The maximum atomic E-state index is 12.1. The van der Waals surface area contributed by atoms with E-state index in [4.69, 9.17) is 9.98 Å². The fourth-order valence-electron chi connectivity index (χ4n) is 12.7. The van der Waals surface area contributed by atoms with E-state index in [9.17, 15) is 20.4 Å². The summed E-state index contributed by atoms with van der Waals surface area (Å²) < 4.78 is 0. The Labute approximate surface area is 514 Å². The third-order valence-electron chi connectivity index (χ3n) is 17.5. The van der Waals surface area contributed by atoms with Gasteiger partial charge in [0.25, 0.3) is 0 Å². The monoisotopic (exact) mass is 1150 g/mol. The molecule has 0 saturated carbocycles. The maximum Gasteiger partial charge on any atom is 0.142 e. The summed E-state index contributed by atoms with van der Waals surface area (Å²) in [7, 11) is 0. The zero-order valence-electron chi connectivity index (χ0n) is 49.7. The molecule has 0 radical (unpaired) electrons. The van der Waals surface area contributed by atoms with Crippen LogP contribution in [-0.2, 0) is 10.8 Å². The molecule has 0 bridgehead atoms. The lowest BCUT2D eigenvalue weighted by atomic mass is 9.72. The molecule has 0 spiro atoms. The summed E-state index contributed by atoms with van der Waals surface area (Å²) in [4.78, 5) is 19.5. The molecule has 2 aliphatic heterocycles. The lowest BCUT2D eigenvalue weighted by Gasteiger charge is -2.39. The molecule has 0 aliphatic carbocycles. The van der Waals surface area contributed by atoms with Crippen molar-refractivity contribution < 1.29 is 20.4 Å². The Bertz CT molecular complexity index is 4140. The third-order valence-corrected chi connectivity index (χ3v) is 17.5. The predicted molar refractivity (Wildman–Crippen MR) is 360 cm³/mol. The molecule has 0 atom stereocenters. The lowest BCUT2D eigenvalue weighted by Crippen LogP contribution is -2.47. The summed E-state index contributed by atoms with van der Waals surface area (Å²) in [6.07, 6.45) is 0. The van der Waals surface area contributed by atoms with Crippen molar-refractivity contribution in [3.05, 3.63) is 300 Å². The van der Waals surface area contributed by atoms with E-state index < -0.39 is 10.8 Å². The highest BCUT2D eigenvalue weighted by molar-refractivity contribution is 6.15. The van der Waals surface area contributed by atoms with E-state index in [0.717, 1.165) is 78.4 Å². The van der Waals surface area contributed by atoms with E-state index in [0.29, 0.717) is 60.6 Å². The van der Waals surface area contributed by atoms with Crippen LogP contribution in [0.5, 0.6) is 23.0 Å². The van der Waals surface area contributed by atoms with Gasteiger partial charge >= 0.3 is 0 Å². The van der Waals surface area contributed by atoms with Crippen LogP contribution in [0.1, 0.15) is 61.1 Å². The van der Waals surface area contributed by atoms with Gasteiger partial charge in [0.2, 0.25) is 0 Å². The second-order valence-corrected chi connectivity index (χ2v) is 23.6. The van der Waals surface area contributed by atoms with Crippen molar-refractivity contribution in [2.75, 3.05) is 46.3 Å². The first-order valence-electron chi connectivity index (χ1n) is 29.8. The Morgan fingerprint density at radius 3 is 0.932 bits per heavy atom. The first kappa shape index (κ1) is 56.3. The van der Waals surface area contributed by atoms with Crippen LogP contribution < -0.4 is 19.6 Å². The Balaban J connectivity index is 0.874. The Hall–Kier alpha value is -10.8. The second kappa shape index (κ2) is 23.6. The maximum absolute atomic E-state index is 12.1. The van der Waals surface area contributed by atoms with Crippen LogP contribution in [0, 0.1) is 0 Å². The first-order valence-corrected chi connectivity index (χ1v) is 29.8. The molecule has 11 aromatic rings. The number of phenolic OH excluding ortho intramolecular Hbond substituents is 4. The molecule has 0 fully saturated rings. The van der Waals surface area contributed by atoms with Crippen molar-refractivity contribution in [2.45, 2.75) is 38.5 Å². The fourth-order valence-corrected chi connectivity index (χ4v) is 12.7. The lowest BCUT2D eigenvalue weighted by molar-refractivity contribution is 0.435. The van der Waals surface area contributed by atoms with Gasteiger partial charge in [-0.1, -0.05) is 246 Å². The van der Waals surface area contributed by atoms with Gasteiger partial charge in [0.05, 0.1) is 35.8 Å². The number of anilines is 4. The van der Waals surface area contributed by atoms with Gasteiger partial charge in [-0.3, -0.25) is 0 Å². The Morgan fingerprint density at radius 1 is 0.295 bits per heavy atom. The normalized spacial score (nSPS) is 13.7. The van der Waals surface area contributed by atoms with Gasteiger partial charge in [-0.25, -0.2) is 9.98 Å². The van der Waals surface area contributed by atoms with E-state index in [-0.39, 0.29) is 23.0 Å². The standard InChI is InChI=1S/C78H68N6O4/c1-77(2,65-45-63(71(85)47-73(65)87)75-79-49-81(67-40-21-17-36-59(67)53-26-9-5-10-27-53)51-83(75)69-42-23-19-38-61(69)55-30-13-7-14-31-55)57-34-25-35-58(44-57)78(3,4)66-46-64(72(86)48-74(66)88)76-80-50-82(68-41-22-18-37-60(68)54-28-11-6-12-29-54)52-84(76)70-43-24-20-39-62(70)56-32-15-8-16-33-56/h5-48,85-88H,49-52H2,1-4H3. The molecule has 88 heavy (non-hydrogen) atoms. The van der Waals surface area contributed by atoms with E-state index >= 15 is 0 Å². The largest absolute Gasteiger partial charge is 0.507 e. The topological polar surface area (TPSA) is 119 Å². The number of nitrogens with zero attached hydrogens (tertiary/aromatic N) is 6. The van der Waals surface area contributed by atoms with Gasteiger partial charge in [-0.05, 0) is 69.8 Å². The average Bonchev–Trinajstić information content (AvgIpc) is 1.19. The van der Waals surface area contributed by atoms with Crippen LogP contribution in [0.4, 0.5) is 22.7 Å². The van der Waals surface area contributed by atoms with Crippen LogP contribution >= 0.6 is 0 Å². The van der Waals surface area contributed by atoms with Crippen LogP contribution in [0.15, 0.2) is 277 Å². The SMILES string of the molecule is CC(C)(c1cccc(C(C)(C)c2cc(C3=NCN(c4ccccc4-c4ccccc4)CN3c3ccccc3-c3ccccc3)c(O)cc2O)c1)c1cc(C2=NCN(c3ccccc3-c3ccccc3)CN2c2ccccc2-c2ccccc2)c(O)cc1O. The number of benzene rings is 11. The minimum atomic E-state index is -0.849. The average molecular weight is 1150 g/mol. The number of rotatable bonds is 14. The predicted octanol–water partition coefficient (Wildman–Crippen LogP) is 17.2. The minimum absolute atomic E-state index is 0.0587. The third kappa shape index (κ3) is 10.6. The molecule has 10 nitrogen and oxygen atoms in total. The summed E-state index contributed by atoms with van der Waals surface area (Å²) in [5.41, 5.74) is 14.5. The zero-order chi connectivity index (χ0) is 60.5. The quantitative estimate of drug-likeness (QED) is 0.0850. The van der Waals surface area contributed by atoms with Crippen LogP contribution in [0.25, 0.3) is 44.5 Å². The van der Waals surface area contributed by atoms with Gasteiger partial charge in [0.15, 0.2) is 0 Å². The summed E-state index contributed by atoms with van der Waals surface area (Å²) in [6, 6.07) is 89.6. The fraction of sp³-hybridized carbons (Fsp3) is 0.128. The summed E-state index contributed by atoms with van der Waals surface area (Å²) in [5.74, 6) is 0.815. The molecule has 0 unspecified atom stereocenters. The first-order chi connectivity index (χ1) is 42.8. The molecule has 13 rings (SSSR count). The molecule has 4 N–H and O–H groups in total. The highest BCUT2D eigenvalue weighted by Gasteiger charge is 2.36. The number of amidine groups is 2. The van der Waals surface area contributed by atoms with Crippen molar-refractivity contribution in [1.82, 2.24) is 0 Å². The van der Waals surface area contributed by atoms with E-state index in [2.05, 4.69) is 211 Å². The number of phenols is 4. The van der Waals surface area contributed by atoms with Crippen molar-refractivity contribution in [1.29, 1.82) is 0 Å². The molecule has 11 aromatic carbocycles. The number of hydrogen-bond acceptors (Lipinski definition) is 10. The van der Waals surface area contributed by atoms with E-state index in [1.165, 1.54) is 12.1 Å². The van der Waals surface area contributed by atoms with E-state index in [1.54, 1.807) is 0 Å². The van der Waals surface area contributed by atoms with Crippen molar-refractivity contribution in [3.63, 3.8) is 0 Å². The summed E-state index contributed by atoms with van der Waals surface area (Å²) >= 11 is 0. The summed E-state index contributed by atoms with van der Waals surface area (Å²) in [5, 5.41) is 48.4. The van der Waals surface area contributed by atoms with Crippen LogP contribution in [0.2, 0.25) is 0 Å². The number of aromatic hydroxyl groups is 4. The molecular formula is C78H68N6O4. The number of hydrogen-bond donors (Lipinski definition) is 4. The molecular weight excluding hydrogens is 1080 g/mol. The van der Waals surface area contributed by atoms with Crippen molar-refractivity contribution in [2.24, 2.45) is 9.98 Å². The molecule has 2 aliphatic rings. The van der Waals surface area contributed by atoms with E-state index in [1.807, 2.05) is 91.0 Å². The molecule has 0 amide bonds. The van der Waals surface area contributed by atoms with Gasteiger partial charge in [0.1, 0.15) is 48.0 Å². The molecule has 434 valence electrons. The van der Waals surface area contributed by atoms with Crippen LogP contribution in [-0.4, -0.2) is 58.8 Å². The summed E-state index contributed by atoms with van der Waals surface area (Å²) in [6.45, 7) is 9.71. The van der Waals surface area contributed by atoms with Gasteiger partial charge in [-0.15, -0.1) is 0 Å². The smallest absolute Gasteiger partial charge is 0.142 e. The van der Waals surface area contributed by atoms with Crippen molar-refractivity contribution in [3.8, 4) is 67.5 Å². The molecule has 0 saturated heterocycles.